The Balaban J connectivity index is 1.49. The van der Waals surface area contributed by atoms with Crippen molar-refractivity contribution in [1.82, 2.24) is 20.2 Å². The molecule has 1 heterocycles. The molecule has 7 nitrogen and oxygen atoms in total. The summed E-state index contributed by atoms with van der Waals surface area (Å²) in [6.07, 6.45) is 0. The Morgan fingerprint density at radius 3 is 2.68 bits per heavy atom. The van der Waals surface area contributed by atoms with Gasteiger partial charge < -0.3 is 9.47 Å². The number of nitrogens with zero attached hydrogens (tertiary/aromatic N) is 4. The van der Waals surface area contributed by atoms with E-state index in [1.54, 1.807) is 36.1 Å². The molecule has 0 saturated carbocycles. The second kappa shape index (κ2) is 9.58. The number of para-hydroxylation sites is 1. The molecule has 3 rings (SSSR count). The van der Waals surface area contributed by atoms with Crippen molar-refractivity contribution >= 4 is 17.7 Å². The smallest absolute Gasteiger partial charge is 0.339 e. The highest BCUT2D eigenvalue weighted by atomic mass is 32.2. The second-order valence-corrected chi connectivity index (χ2v) is 6.55. The minimum absolute atomic E-state index is 0.0220. The fourth-order valence-electron chi connectivity index (χ4n) is 2.34. The summed E-state index contributed by atoms with van der Waals surface area (Å²) in [5.74, 6) is 6.51. The van der Waals surface area contributed by atoms with E-state index >= 15 is 0 Å². The molecule has 8 heteroatoms. The minimum Gasteiger partial charge on any atom is -0.497 e. The normalized spacial score (nSPS) is 10.1. The lowest BCUT2D eigenvalue weighted by Crippen LogP contribution is -2.05. The number of carbonyl (C=O) groups excluding carboxylic acids is 1. The van der Waals surface area contributed by atoms with Gasteiger partial charge in [-0.3, -0.25) is 0 Å². The van der Waals surface area contributed by atoms with Gasteiger partial charge in [0, 0.05) is 0 Å². The third-order valence-electron chi connectivity index (χ3n) is 3.78. The number of rotatable bonds is 6. The lowest BCUT2D eigenvalue weighted by Gasteiger charge is -2.05. The average molecular weight is 394 g/mol. The van der Waals surface area contributed by atoms with Gasteiger partial charge in [0.25, 0.3) is 0 Å². The maximum atomic E-state index is 11.9. The van der Waals surface area contributed by atoms with Crippen molar-refractivity contribution in [2.24, 2.45) is 0 Å². The predicted octanol–water partition coefficient (Wildman–Crippen LogP) is 2.93. The Hall–Kier alpha value is -3.31. The molecule has 3 aromatic rings. The highest BCUT2D eigenvalue weighted by Crippen LogP contribution is 2.19. The Morgan fingerprint density at radius 2 is 1.93 bits per heavy atom. The molecule has 0 spiro atoms. The molecular weight excluding hydrogens is 376 g/mol. The monoisotopic (exact) mass is 394 g/mol. The van der Waals surface area contributed by atoms with Gasteiger partial charge in [-0.1, -0.05) is 41.8 Å². The molecule has 0 fully saturated rings. The molecule has 0 atom stereocenters. The number of benzene rings is 2. The van der Waals surface area contributed by atoms with Crippen LogP contribution >= 0.6 is 11.8 Å². The Kier molecular flexibility index (Phi) is 6.65. The van der Waals surface area contributed by atoms with Crippen molar-refractivity contribution in [3.8, 4) is 23.3 Å². The van der Waals surface area contributed by atoms with Gasteiger partial charge in [-0.25, -0.2) is 4.79 Å². The third-order valence-corrected chi connectivity index (χ3v) is 4.59. The zero-order valence-corrected chi connectivity index (χ0v) is 16.3. The number of tetrazole rings is 1. The molecule has 0 N–H and O–H groups in total. The quantitative estimate of drug-likeness (QED) is 0.361. The molecule has 0 amide bonds. The van der Waals surface area contributed by atoms with Gasteiger partial charge in [0.1, 0.15) is 5.75 Å². The molecule has 2 aromatic carbocycles. The Bertz CT molecular complexity index is 1010. The third kappa shape index (κ3) is 4.90. The highest BCUT2D eigenvalue weighted by Gasteiger charge is 2.10. The van der Waals surface area contributed by atoms with Gasteiger partial charge in [-0.05, 0) is 53.2 Å². The summed E-state index contributed by atoms with van der Waals surface area (Å²) in [6.45, 7) is 2.02. The van der Waals surface area contributed by atoms with Crippen molar-refractivity contribution in [1.29, 1.82) is 0 Å². The van der Waals surface area contributed by atoms with Crippen LogP contribution in [-0.2, 0) is 4.74 Å². The van der Waals surface area contributed by atoms with Gasteiger partial charge in [-0.2, -0.15) is 4.68 Å². The van der Waals surface area contributed by atoms with Crippen molar-refractivity contribution in [3.05, 3.63) is 59.7 Å². The first-order valence-corrected chi connectivity index (χ1v) is 9.41. The van der Waals surface area contributed by atoms with E-state index in [2.05, 4.69) is 27.4 Å². The van der Waals surface area contributed by atoms with Crippen LogP contribution in [0.25, 0.3) is 5.69 Å². The molecular formula is C20H18N4O3S. The van der Waals surface area contributed by atoms with Gasteiger partial charge in [0.2, 0.25) is 5.16 Å². The SMILES string of the molecule is COc1ccc(C(=O)OCC#CCSc2nnnn2-c2ccccc2C)cc1. The first-order chi connectivity index (χ1) is 13.7. The van der Waals surface area contributed by atoms with E-state index in [1.165, 1.54) is 11.8 Å². The number of aromatic nitrogens is 4. The van der Waals surface area contributed by atoms with Crippen LogP contribution < -0.4 is 4.74 Å². The summed E-state index contributed by atoms with van der Waals surface area (Å²) in [6, 6.07) is 14.6. The second-order valence-electron chi connectivity index (χ2n) is 5.61. The number of methoxy groups -OCH3 is 1. The zero-order valence-electron chi connectivity index (χ0n) is 15.5. The number of hydrogen-bond acceptors (Lipinski definition) is 7. The first-order valence-electron chi connectivity index (χ1n) is 8.43. The summed E-state index contributed by atoms with van der Waals surface area (Å²) < 4.78 is 11.9. The zero-order chi connectivity index (χ0) is 19.8. The van der Waals surface area contributed by atoms with Crippen LogP contribution in [0.1, 0.15) is 15.9 Å². The number of thioether (sulfide) groups is 1. The van der Waals surface area contributed by atoms with E-state index in [0.717, 1.165) is 11.3 Å². The minimum atomic E-state index is -0.423. The molecule has 0 aliphatic rings. The van der Waals surface area contributed by atoms with Crippen molar-refractivity contribution in [2.45, 2.75) is 12.1 Å². The van der Waals surface area contributed by atoms with E-state index in [4.69, 9.17) is 9.47 Å². The maximum absolute atomic E-state index is 11.9. The van der Waals surface area contributed by atoms with E-state index in [1.807, 2.05) is 31.2 Å². The summed E-state index contributed by atoms with van der Waals surface area (Å²) in [5.41, 5.74) is 2.46. The van der Waals surface area contributed by atoms with Crippen LogP contribution in [0.3, 0.4) is 0 Å². The summed E-state index contributed by atoms with van der Waals surface area (Å²) in [5, 5.41) is 12.5. The number of hydrogen-bond donors (Lipinski definition) is 0. The van der Waals surface area contributed by atoms with E-state index in [-0.39, 0.29) is 6.61 Å². The fraction of sp³-hybridized carbons (Fsp3) is 0.200. The van der Waals surface area contributed by atoms with Gasteiger partial charge in [0.05, 0.1) is 24.1 Å². The van der Waals surface area contributed by atoms with Crippen molar-refractivity contribution in [2.75, 3.05) is 19.5 Å². The first kappa shape index (κ1) is 19.5. The van der Waals surface area contributed by atoms with Crippen LogP contribution in [0.15, 0.2) is 53.7 Å². The fourth-order valence-corrected chi connectivity index (χ4v) is 2.99. The van der Waals surface area contributed by atoms with Crippen LogP contribution in [-0.4, -0.2) is 45.6 Å². The van der Waals surface area contributed by atoms with E-state index in [0.29, 0.717) is 22.2 Å². The molecule has 0 bridgehead atoms. The summed E-state index contributed by atoms with van der Waals surface area (Å²) >= 11 is 1.42. The van der Waals surface area contributed by atoms with Gasteiger partial charge in [0.15, 0.2) is 6.61 Å². The van der Waals surface area contributed by atoms with Gasteiger partial charge >= 0.3 is 5.97 Å². The molecule has 0 unspecified atom stereocenters. The highest BCUT2D eigenvalue weighted by molar-refractivity contribution is 7.99. The molecule has 0 radical (unpaired) electrons. The molecule has 0 aliphatic heterocycles. The average Bonchev–Trinajstić information content (AvgIpc) is 3.19. The maximum Gasteiger partial charge on any atom is 0.339 e. The van der Waals surface area contributed by atoms with Gasteiger partial charge in [-0.15, -0.1) is 5.10 Å². The topological polar surface area (TPSA) is 79.1 Å². The molecule has 0 saturated heterocycles. The van der Waals surface area contributed by atoms with Crippen LogP contribution in [0, 0.1) is 18.8 Å². The molecule has 1 aromatic heterocycles. The van der Waals surface area contributed by atoms with Crippen LogP contribution in [0.2, 0.25) is 0 Å². The molecule has 142 valence electrons. The predicted molar refractivity (Wildman–Crippen MR) is 106 cm³/mol. The lowest BCUT2D eigenvalue weighted by molar-refractivity contribution is 0.0556. The van der Waals surface area contributed by atoms with Crippen molar-refractivity contribution < 1.29 is 14.3 Å². The largest absolute Gasteiger partial charge is 0.497 e. The lowest BCUT2D eigenvalue weighted by atomic mass is 10.2. The number of aryl methyl sites for hydroxylation is 1. The summed E-state index contributed by atoms with van der Waals surface area (Å²) in [7, 11) is 1.57. The molecule has 0 aliphatic carbocycles. The standard InChI is InChI=1S/C20H18N4O3S/c1-15-7-3-4-8-18(15)24-20(21-22-23-24)28-14-6-5-13-27-19(25)16-9-11-17(26-2)12-10-16/h3-4,7-12H,13-14H2,1-2H3. The summed E-state index contributed by atoms with van der Waals surface area (Å²) in [4.78, 5) is 11.9. The van der Waals surface area contributed by atoms with E-state index in [9.17, 15) is 4.79 Å². The molecule has 28 heavy (non-hydrogen) atoms. The Labute approximate surface area is 167 Å². The van der Waals surface area contributed by atoms with Crippen LogP contribution in [0.4, 0.5) is 0 Å². The van der Waals surface area contributed by atoms with Crippen LogP contribution in [0.5, 0.6) is 5.75 Å². The number of ether oxygens (including phenoxy) is 2. The number of esters is 1. The Morgan fingerprint density at radius 1 is 1.14 bits per heavy atom. The van der Waals surface area contributed by atoms with E-state index < -0.39 is 5.97 Å². The number of carbonyl (C=O) groups is 1. The van der Waals surface area contributed by atoms with Crippen molar-refractivity contribution in [3.63, 3.8) is 0 Å².